The monoisotopic (exact) mass is 563 g/mol. The van der Waals surface area contributed by atoms with Crippen LogP contribution < -0.4 is 16.0 Å². The van der Waals surface area contributed by atoms with Crippen LogP contribution in [-0.2, 0) is 17.6 Å². The van der Waals surface area contributed by atoms with Crippen LogP contribution in [0.15, 0.2) is 22.3 Å². The van der Waals surface area contributed by atoms with Crippen LogP contribution in [-0.4, -0.2) is 51.1 Å². The van der Waals surface area contributed by atoms with E-state index in [9.17, 15) is 18.0 Å². The van der Waals surface area contributed by atoms with Crippen LogP contribution in [0.3, 0.4) is 0 Å². The zero-order valence-electron chi connectivity index (χ0n) is 23.2. The van der Waals surface area contributed by atoms with Gasteiger partial charge in [0.2, 0.25) is 0 Å². The summed E-state index contributed by atoms with van der Waals surface area (Å²) in [7, 11) is 4.22. The summed E-state index contributed by atoms with van der Waals surface area (Å²) in [5, 5.41) is 9.66. The van der Waals surface area contributed by atoms with E-state index < -0.39 is 17.8 Å². The average molecular weight is 564 g/mol. The number of unbranched alkanes of at least 4 members (excludes halogenated alkanes) is 1. The minimum atomic E-state index is -4.46. The summed E-state index contributed by atoms with van der Waals surface area (Å²) in [6, 6.07) is -0.513. The SMILES string of the molecule is B=C(OC1CCCC1)c1c(NC(=O)NC/C(C2=C(CCCC)CNCC2)=C(/C)C(F)(F)F)sc2c1CCCC2. The standard InChI is InChI=1S/C29H41BF3N3O2S/c1-3-4-9-19-16-34-15-14-21(19)23(18(2)29(31,32)33)17-35-28(37)36-27-25(22-12-7-8-13-24(22)39-27)26(30)38-20-10-5-6-11-20/h20,30,34H,3-17H2,1-2H3,(H2,35,36,37)/b23-18+. The van der Waals surface area contributed by atoms with Gasteiger partial charge in [0.15, 0.2) is 0 Å². The summed E-state index contributed by atoms with van der Waals surface area (Å²) >= 11 is 1.54. The minimum absolute atomic E-state index is 0.150. The first kappa shape index (κ1) is 29.9. The van der Waals surface area contributed by atoms with Gasteiger partial charge in [0.1, 0.15) is 0 Å². The van der Waals surface area contributed by atoms with Crippen molar-refractivity contribution in [1.82, 2.24) is 10.6 Å². The second-order valence-electron chi connectivity index (χ2n) is 10.9. The van der Waals surface area contributed by atoms with Crippen molar-refractivity contribution in [2.45, 2.75) is 103 Å². The summed E-state index contributed by atoms with van der Waals surface area (Å²) in [6.07, 6.45) is 7.21. The second kappa shape index (κ2) is 13.5. The molecule has 0 unspecified atom stereocenters. The molecular formula is C29H41BF3N3O2S. The van der Waals surface area contributed by atoms with Crippen LogP contribution in [0.2, 0.25) is 0 Å². The van der Waals surface area contributed by atoms with Gasteiger partial charge in [-0.2, -0.15) is 0 Å². The Balaban J connectivity index is 1.54. The maximum atomic E-state index is 13.9. The fraction of sp³-hybridized carbons (Fsp3) is 0.655. The van der Waals surface area contributed by atoms with Crippen LogP contribution in [0.4, 0.5) is 23.0 Å². The molecule has 2 amide bonds. The molecule has 0 spiro atoms. The number of amides is 2. The van der Waals surface area contributed by atoms with Gasteiger partial charge in [-0.15, -0.1) is 0 Å². The van der Waals surface area contributed by atoms with Gasteiger partial charge in [-0.05, 0) is 0 Å². The molecule has 0 bridgehead atoms. The molecule has 3 aliphatic rings. The third-order valence-corrected chi connectivity index (χ3v) is 9.31. The molecule has 2 aliphatic carbocycles. The molecule has 39 heavy (non-hydrogen) atoms. The first-order valence-electron chi connectivity index (χ1n) is 14.4. The Labute approximate surface area is 235 Å². The molecule has 1 aliphatic heterocycles. The number of thiophene rings is 1. The van der Waals surface area contributed by atoms with E-state index in [1.165, 1.54) is 21.8 Å². The van der Waals surface area contributed by atoms with E-state index in [2.05, 4.69) is 30.4 Å². The first-order chi connectivity index (χ1) is 18.7. The van der Waals surface area contributed by atoms with Gasteiger partial charge in [0, 0.05) is 0 Å². The summed E-state index contributed by atoms with van der Waals surface area (Å²) < 4.78 is 47.9. The van der Waals surface area contributed by atoms with Crippen LogP contribution in [0, 0.1) is 0 Å². The number of nitrogens with one attached hydrogen (secondary N) is 3. The fourth-order valence-corrected chi connectivity index (χ4v) is 7.20. The van der Waals surface area contributed by atoms with E-state index in [0.29, 0.717) is 30.2 Å². The molecule has 0 aromatic carbocycles. The van der Waals surface area contributed by atoms with Gasteiger partial charge >= 0.3 is 222 Å². The molecule has 0 saturated heterocycles. The number of ether oxygens (including phenoxy) is 1. The number of urea groups is 1. The number of hydrogen-bond donors (Lipinski definition) is 3. The Kier molecular flexibility index (Phi) is 10.4. The molecule has 2 heterocycles. The summed E-state index contributed by atoms with van der Waals surface area (Å²) in [5.74, 6) is 0. The van der Waals surface area contributed by atoms with Crippen molar-refractivity contribution in [3.05, 3.63) is 38.3 Å². The van der Waals surface area contributed by atoms with Gasteiger partial charge in [-0.25, -0.2) is 0 Å². The van der Waals surface area contributed by atoms with Crippen molar-refractivity contribution in [1.29, 1.82) is 0 Å². The van der Waals surface area contributed by atoms with E-state index in [4.69, 9.17) is 4.74 Å². The van der Waals surface area contributed by atoms with E-state index in [0.717, 1.165) is 94.3 Å². The molecule has 1 aromatic rings. The number of anilines is 1. The normalized spacial score (nSPS) is 19.0. The first-order valence-corrected chi connectivity index (χ1v) is 15.2. The second-order valence-corrected chi connectivity index (χ2v) is 12.0. The molecule has 0 radical (unpaired) electrons. The third kappa shape index (κ3) is 7.57. The summed E-state index contributed by atoms with van der Waals surface area (Å²) in [5.41, 5.74) is 3.94. The van der Waals surface area contributed by atoms with Crippen molar-refractivity contribution in [3.63, 3.8) is 0 Å². The quantitative estimate of drug-likeness (QED) is 0.287. The zero-order valence-corrected chi connectivity index (χ0v) is 24.1. The number of halogens is 3. The number of aryl methyl sites for hydroxylation is 1. The number of hydrogen-bond acceptors (Lipinski definition) is 4. The molecule has 5 nitrogen and oxygen atoms in total. The van der Waals surface area contributed by atoms with E-state index in [-0.39, 0.29) is 18.2 Å². The number of carbonyl (C=O) groups is 1. The van der Waals surface area contributed by atoms with Gasteiger partial charge in [0.25, 0.3) is 0 Å². The molecule has 1 saturated carbocycles. The number of rotatable bonds is 10. The molecule has 10 heteroatoms. The maximum absolute atomic E-state index is 13.9. The zero-order chi connectivity index (χ0) is 28.0. The Morgan fingerprint density at radius 1 is 1.15 bits per heavy atom. The summed E-state index contributed by atoms with van der Waals surface area (Å²) in [6.45, 7) is 4.23. The topological polar surface area (TPSA) is 62.4 Å². The number of fused-ring (bicyclic) bond motifs is 1. The van der Waals surface area contributed by atoms with E-state index in [1.807, 2.05) is 0 Å². The van der Waals surface area contributed by atoms with Crippen molar-refractivity contribution in [2.24, 2.45) is 0 Å². The fourth-order valence-electron chi connectivity index (χ4n) is 5.90. The number of carbonyl (C=O) groups excluding carboxylic acids is 1. The van der Waals surface area contributed by atoms with Gasteiger partial charge in [-0.1, -0.05) is 13.3 Å². The molecule has 1 aromatic heterocycles. The Morgan fingerprint density at radius 2 is 1.90 bits per heavy atom. The molecule has 214 valence electrons. The molecule has 0 atom stereocenters. The average Bonchev–Trinajstić information content (AvgIpc) is 3.54. The van der Waals surface area contributed by atoms with Crippen molar-refractivity contribution < 1.29 is 22.7 Å². The van der Waals surface area contributed by atoms with E-state index >= 15 is 0 Å². The van der Waals surface area contributed by atoms with Gasteiger partial charge < -0.3 is 0 Å². The van der Waals surface area contributed by atoms with Crippen molar-refractivity contribution >= 4 is 35.5 Å². The summed E-state index contributed by atoms with van der Waals surface area (Å²) in [4.78, 5) is 14.4. The van der Waals surface area contributed by atoms with Crippen LogP contribution in [0.25, 0.3) is 0 Å². The van der Waals surface area contributed by atoms with Crippen molar-refractivity contribution in [2.75, 3.05) is 25.0 Å². The Bertz CT molecular complexity index is 1120. The molecular weight excluding hydrogens is 522 g/mol. The molecule has 3 N–H and O–H groups in total. The number of alkyl halides is 3. The van der Waals surface area contributed by atoms with Gasteiger partial charge in [-0.3, -0.25) is 0 Å². The molecule has 4 rings (SSSR count). The molecule has 1 fully saturated rings. The van der Waals surface area contributed by atoms with E-state index in [1.54, 1.807) is 0 Å². The Morgan fingerprint density at radius 3 is 2.62 bits per heavy atom. The van der Waals surface area contributed by atoms with Crippen LogP contribution >= 0.6 is 11.3 Å². The predicted molar refractivity (Wildman–Crippen MR) is 155 cm³/mol. The third-order valence-electron chi connectivity index (χ3n) is 8.11. The van der Waals surface area contributed by atoms with Crippen molar-refractivity contribution in [3.8, 4) is 0 Å². The van der Waals surface area contributed by atoms with Crippen LogP contribution in [0.1, 0.15) is 94.1 Å². The predicted octanol–water partition coefficient (Wildman–Crippen LogP) is 6.45. The Hall–Kier alpha value is -2.07. The number of allylic oxidation sites excluding steroid dienone is 1. The van der Waals surface area contributed by atoms with Crippen LogP contribution in [0.5, 0.6) is 0 Å². The van der Waals surface area contributed by atoms with Gasteiger partial charge in [0.05, 0.1) is 0 Å².